The normalized spacial score (nSPS) is 16.0. The van der Waals surface area contributed by atoms with Gasteiger partial charge in [-0.15, -0.1) is 4.31 Å². The highest BCUT2D eigenvalue weighted by Gasteiger charge is 2.33. The maximum atomic E-state index is 12.3. The summed E-state index contributed by atoms with van der Waals surface area (Å²) in [6.45, 7) is 8.06. The minimum atomic E-state index is -0.996. The second kappa shape index (κ2) is 5.74. The molecule has 0 saturated carbocycles. The summed E-state index contributed by atoms with van der Waals surface area (Å²) in [6.07, 6.45) is 0. The van der Waals surface area contributed by atoms with Gasteiger partial charge in [-0.2, -0.15) is 0 Å². The molecule has 0 radical (unpaired) electrons. The smallest absolute Gasteiger partial charge is 0.137 e. The third-order valence-corrected chi connectivity index (χ3v) is 5.10. The largest absolute Gasteiger partial charge is 0.597 e. The minimum absolute atomic E-state index is 0.142. The quantitative estimate of drug-likeness (QED) is 0.790. The zero-order valence-electron chi connectivity index (χ0n) is 11.0. The standard InChI is InChI=1S/C13H20BrNOS/c1-10(11-6-8-12(14)9-7-11)15(5)17(16)13(2,3)4/h6-10H,1-5H3/t10-,17-/m1/s1. The van der Waals surface area contributed by atoms with E-state index in [2.05, 4.69) is 35.0 Å². The van der Waals surface area contributed by atoms with Gasteiger partial charge < -0.3 is 4.55 Å². The van der Waals surface area contributed by atoms with Gasteiger partial charge in [-0.1, -0.05) is 28.1 Å². The topological polar surface area (TPSA) is 26.3 Å². The lowest BCUT2D eigenvalue weighted by molar-refractivity contribution is 0.382. The van der Waals surface area contributed by atoms with Crippen molar-refractivity contribution in [1.82, 2.24) is 4.31 Å². The van der Waals surface area contributed by atoms with Crippen molar-refractivity contribution in [2.75, 3.05) is 7.05 Å². The fourth-order valence-electron chi connectivity index (χ4n) is 1.53. The number of halogens is 1. The molecule has 2 atom stereocenters. The molecule has 0 spiro atoms. The first kappa shape index (κ1) is 15.0. The molecule has 0 unspecified atom stereocenters. The Morgan fingerprint density at radius 2 is 1.71 bits per heavy atom. The predicted octanol–water partition coefficient (Wildman–Crippen LogP) is 3.90. The highest BCUT2D eigenvalue weighted by Crippen LogP contribution is 2.28. The van der Waals surface area contributed by atoms with Crippen LogP contribution in [0.4, 0.5) is 0 Å². The fourth-order valence-corrected chi connectivity index (χ4v) is 3.06. The van der Waals surface area contributed by atoms with E-state index in [1.165, 1.54) is 5.56 Å². The molecule has 2 nitrogen and oxygen atoms in total. The Hall–Kier alpha value is -0.0300. The van der Waals surface area contributed by atoms with Gasteiger partial charge in [0.15, 0.2) is 0 Å². The summed E-state index contributed by atoms with van der Waals surface area (Å²) in [6, 6.07) is 8.29. The highest BCUT2D eigenvalue weighted by molar-refractivity contribution is 9.10. The zero-order chi connectivity index (χ0) is 13.2. The van der Waals surface area contributed by atoms with Gasteiger partial charge in [-0.3, -0.25) is 0 Å². The Morgan fingerprint density at radius 3 is 2.12 bits per heavy atom. The van der Waals surface area contributed by atoms with Gasteiger partial charge in [-0.25, -0.2) is 0 Å². The Bertz CT molecular complexity index is 361. The van der Waals surface area contributed by atoms with Crippen LogP contribution in [0.2, 0.25) is 0 Å². The van der Waals surface area contributed by atoms with Crippen LogP contribution < -0.4 is 0 Å². The summed E-state index contributed by atoms with van der Waals surface area (Å²) < 4.78 is 15.0. The molecule has 1 aromatic carbocycles. The Kier molecular flexibility index (Phi) is 5.07. The summed E-state index contributed by atoms with van der Waals surface area (Å²) in [5.41, 5.74) is 1.17. The van der Waals surface area contributed by atoms with Crippen LogP contribution in [0, 0.1) is 0 Å². The van der Waals surface area contributed by atoms with E-state index in [0.29, 0.717) is 0 Å². The van der Waals surface area contributed by atoms with E-state index >= 15 is 0 Å². The van der Waals surface area contributed by atoms with Gasteiger partial charge in [0, 0.05) is 22.9 Å². The van der Waals surface area contributed by atoms with Crippen molar-refractivity contribution in [2.24, 2.45) is 0 Å². The zero-order valence-corrected chi connectivity index (χ0v) is 13.4. The molecule has 0 amide bonds. The minimum Gasteiger partial charge on any atom is -0.597 e. The first-order valence-corrected chi connectivity index (χ1v) is 7.53. The van der Waals surface area contributed by atoms with Gasteiger partial charge in [0.25, 0.3) is 0 Å². The first-order chi connectivity index (χ1) is 7.73. The third kappa shape index (κ3) is 3.98. The van der Waals surface area contributed by atoms with Crippen molar-refractivity contribution in [2.45, 2.75) is 38.5 Å². The Labute approximate surface area is 116 Å². The van der Waals surface area contributed by atoms with Crippen LogP contribution in [0.25, 0.3) is 0 Å². The van der Waals surface area contributed by atoms with Crippen LogP contribution in [0.1, 0.15) is 39.3 Å². The molecule has 0 bridgehead atoms. The summed E-state index contributed by atoms with van der Waals surface area (Å²) in [7, 11) is 1.91. The number of hydrogen-bond donors (Lipinski definition) is 0. The summed E-state index contributed by atoms with van der Waals surface area (Å²) in [4.78, 5) is 0. The average Bonchev–Trinajstić information content (AvgIpc) is 2.26. The fraction of sp³-hybridized carbons (Fsp3) is 0.538. The molecular formula is C13H20BrNOS. The predicted molar refractivity (Wildman–Crippen MR) is 78.2 cm³/mol. The average molecular weight is 318 g/mol. The lowest BCUT2D eigenvalue weighted by Crippen LogP contribution is -2.41. The first-order valence-electron chi connectivity index (χ1n) is 5.64. The van der Waals surface area contributed by atoms with Crippen LogP contribution in [0.15, 0.2) is 28.7 Å². The summed E-state index contributed by atoms with van der Waals surface area (Å²) in [5.74, 6) is 0. The number of benzene rings is 1. The molecule has 0 aliphatic carbocycles. The molecule has 0 fully saturated rings. The van der Waals surface area contributed by atoms with Gasteiger partial charge in [-0.05, 0) is 45.4 Å². The second-order valence-corrected chi connectivity index (χ2v) is 8.35. The van der Waals surface area contributed by atoms with Crippen molar-refractivity contribution in [3.8, 4) is 0 Å². The molecule has 1 rings (SSSR count). The number of hydrogen-bond acceptors (Lipinski definition) is 2. The van der Waals surface area contributed by atoms with Crippen molar-refractivity contribution in [1.29, 1.82) is 0 Å². The van der Waals surface area contributed by atoms with E-state index in [9.17, 15) is 4.55 Å². The van der Waals surface area contributed by atoms with Crippen molar-refractivity contribution in [3.63, 3.8) is 0 Å². The monoisotopic (exact) mass is 317 g/mol. The Balaban J connectivity index is 2.83. The van der Waals surface area contributed by atoms with E-state index in [4.69, 9.17) is 0 Å². The number of rotatable bonds is 3. The molecule has 0 saturated heterocycles. The molecular weight excluding hydrogens is 298 g/mol. The maximum Gasteiger partial charge on any atom is 0.137 e. The molecule has 0 heterocycles. The van der Waals surface area contributed by atoms with Crippen molar-refractivity contribution < 1.29 is 4.55 Å². The molecule has 0 aliphatic heterocycles. The summed E-state index contributed by atoms with van der Waals surface area (Å²) >= 11 is 2.42. The maximum absolute atomic E-state index is 12.3. The van der Waals surface area contributed by atoms with E-state index in [-0.39, 0.29) is 10.8 Å². The van der Waals surface area contributed by atoms with E-state index < -0.39 is 11.4 Å². The molecule has 96 valence electrons. The van der Waals surface area contributed by atoms with Gasteiger partial charge >= 0.3 is 0 Å². The van der Waals surface area contributed by atoms with E-state index in [1.54, 1.807) is 0 Å². The van der Waals surface area contributed by atoms with E-state index in [1.807, 2.05) is 44.3 Å². The van der Waals surface area contributed by atoms with Gasteiger partial charge in [0.1, 0.15) is 4.75 Å². The molecule has 0 aliphatic rings. The van der Waals surface area contributed by atoms with Gasteiger partial charge in [0.05, 0.1) is 6.04 Å². The molecule has 0 aromatic heterocycles. The van der Waals surface area contributed by atoms with Crippen LogP contribution in [0.3, 0.4) is 0 Å². The second-order valence-electron chi connectivity index (χ2n) is 5.14. The highest BCUT2D eigenvalue weighted by atomic mass is 79.9. The SMILES string of the molecule is C[C@H](c1ccc(Br)cc1)N(C)[S@+]([O-])C(C)(C)C. The van der Waals surface area contributed by atoms with Crippen molar-refractivity contribution >= 4 is 27.3 Å². The van der Waals surface area contributed by atoms with Crippen LogP contribution in [-0.4, -0.2) is 20.7 Å². The van der Waals surface area contributed by atoms with E-state index in [0.717, 1.165) is 4.47 Å². The van der Waals surface area contributed by atoms with Crippen LogP contribution >= 0.6 is 15.9 Å². The third-order valence-electron chi connectivity index (χ3n) is 2.68. The summed E-state index contributed by atoms with van der Waals surface area (Å²) in [5, 5.41) is 0. The lowest BCUT2D eigenvalue weighted by atomic mass is 10.1. The molecule has 4 heteroatoms. The van der Waals surface area contributed by atoms with Crippen LogP contribution in [0.5, 0.6) is 0 Å². The number of nitrogens with zero attached hydrogens (tertiary/aromatic N) is 1. The van der Waals surface area contributed by atoms with Crippen molar-refractivity contribution in [3.05, 3.63) is 34.3 Å². The Morgan fingerprint density at radius 1 is 1.24 bits per heavy atom. The van der Waals surface area contributed by atoms with Gasteiger partial charge in [0.2, 0.25) is 0 Å². The molecule has 1 aromatic rings. The van der Waals surface area contributed by atoms with Crippen LogP contribution in [-0.2, 0) is 11.4 Å². The molecule has 17 heavy (non-hydrogen) atoms. The molecule has 0 N–H and O–H groups in total. The lowest BCUT2D eigenvalue weighted by Gasteiger charge is -2.33.